The molecule has 0 fully saturated rings. The third-order valence-electron chi connectivity index (χ3n) is 13.8. The zero-order valence-corrected chi connectivity index (χ0v) is 44.4. The van der Waals surface area contributed by atoms with Crippen molar-refractivity contribution < 1.29 is 24.5 Å². The number of hydrogen-bond acceptors (Lipinski definition) is 5. The fraction of sp³-hybridized carbons (Fsp3) is 0.900. The number of carbonyl (C=O) groups is 2. The Morgan fingerprint density at radius 2 is 0.758 bits per heavy atom. The van der Waals surface area contributed by atoms with Gasteiger partial charge in [-0.15, -0.1) is 0 Å². The number of hydrogen-bond donors (Lipinski definition) is 3. The number of allylic oxidation sites excluding steroid dienone is 4. The van der Waals surface area contributed by atoms with Crippen LogP contribution in [0.1, 0.15) is 322 Å². The first-order chi connectivity index (χ1) is 32.5. The summed E-state index contributed by atoms with van der Waals surface area (Å²) in [6.07, 6.45) is 67.5. The molecule has 0 heterocycles. The summed E-state index contributed by atoms with van der Waals surface area (Å²) < 4.78 is 5.48. The van der Waals surface area contributed by atoms with Crippen LogP contribution < -0.4 is 5.32 Å². The monoisotopic (exact) mass is 930 g/mol. The average Bonchev–Trinajstić information content (AvgIpc) is 3.32. The Morgan fingerprint density at radius 1 is 0.424 bits per heavy atom. The zero-order chi connectivity index (χ0) is 47.9. The highest BCUT2D eigenvalue weighted by atomic mass is 16.5. The fourth-order valence-corrected chi connectivity index (χ4v) is 9.20. The molecule has 2 unspecified atom stereocenters. The molecule has 390 valence electrons. The summed E-state index contributed by atoms with van der Waals surface area (Å²) in [7, 11) is 0. The Hall–Kier alpha value is -1.66. The lowest BCUT2D eigenvalue weighted by molar-refractivity contribution is -0.143. The molecule has 0 saturated carbocycles. The predicted octanol–water partition coefficient (Wildman–Crippen LogP) is 18.2. The molecule has 6 heteroatoms. The summed E-state index contributed by atoms with van der Waals surface area (Å²) in [4.78, 5) is 24.5. The van der Waals surface area contributed by atoms with Gasteiger partial charge in [-0.25, -0.2) is 0 Å². The molecule has 0 saturated heterocycles. The highest BCUT2D eigenvalue weighted by Crippen LogP contribution is 2.17. The number of rotatable bonds is 55. The first-order valence-electron chi connectivity index (χ1n) is 29.6. The van der Waals surface area contributed by atoms with Gasteiger partial charge in [0.2, 0.25) is 5.91 Å². The van der Waals surface area contributed by atoms with Gasteiger partial charge in [-0.3, -0.25) is 9.59 Å². The van der Waals surface area contributed by atoms with Crippen molar-refractivity contribution in [1.82, 2.24) is 5.32 Å². The van der Waals surface area contributed by atoms with E-state index >= 15 is 0 Å². The molecule has 0 aliphatic rings. The summed E-state index contributed by atoms with van der Waals surface area (Å²) in [5.74, 6) is -0.0357. The number of carbonyl (C=O) groups excluding carboxylic acids is 2. The van der Waals surface area contributed by atoms with Gasteiger partial charge in [0.15, 0.2) is 0 Å². The Bertz CT molecular complexity index is 1030. The molecule has 0 spiro atoms. The SMILES string of the molecule is CCCCCC/C=C\C/C=C\CCCCCCCC(=O)OCCCCCCCCCCCCCCCCCCCCCCCCC(=O)NC(CO)C(O)CCCCCCCCCCCCC. The van der Waals surface area contributed by atoms with Crippen LogP contribution in [-0.4, -0.2) is 47.4 Å². The van der Waals surface area contributed by atoms with Crippen LogP contribution in [0, 0.1) is 0 Å². The van der Waals surface area contributed by atoms with Crippen LogP contribution >= 0.6 is 0 Å². The minimum atomic E-state index is -0.663. The van der Waals surface area contributed by atoms with E-state index in [0.29, 0.717) is 25.9 Å². The van der Waals surface area contributed by atoms with Crippen molar-refractivity contribution >= 4 is 11.9 Å². The van der Waals surface area contributed by atoms with E-state index in [-0.39, 0.29) is 18.5 Å². The van der Waals surface area contributed by atoms with Gasteiger partial charge < -0.3 is 20.3 Å². The average molecular weight is 931 g/mol. The van der Waals surface area contributed by atoms with Crippen LogP contribution in [-0.2, 0) is 14.3 Å². The zero-order valence-electron chi connectivity index (χ0n) is 44.4. The lowest BCUT2D eigenvalue weighted by Gasteiger charge is -2.22. The Kier molecular flexibility index (Phi) is 54.5. The lowest BCUT2D eigenvalue weighted by Crippen LogP contribution is -2.45. The molecule has 6 nitrogen and oxygen atoms in total. The van der Waals surface area contributed by atoms with E-state index in [2.05, 4.69) is 43.5 Å². The van der Waals surface area contributed by atoms with Crippen LogP contribution in [0.4, 0.5) is 0 Å². The van der Waals surface area contributed by atoms with Crippen molar-refractivity contribution in [3.8, 4) is 0 Å². The Labute approximate surface area is 411 Å². The van der Waals surface area contributed by atoms with E-state index in [1.807, 2.05) is 0 Å². The number of aliphatic hydroxyl groups is 2. The van der Waals surface area contributed by atoms with Gasteiger partial charge in [-0.05, 0) is 57.8 Å². The maximum atomic E-state index is 12.4. The molecule has 3 N–H and O–H groups in total. The van der Waals surface area contributed by atoms with Crippen molar-refractivity contribution in [1.29, 1.82) is 0 Å². The van der Waals surface area contributed by atoms with Crippen LogP contribution in [0.25, 0.3) is 0 Å². The molecule has 2 atom stereocenters. The molecule has 0 aromatic rings. The molecular weight excluding hydrogens is 815 g/mol. The quantitative estimate of drug-likeness (QED) is 0.0321. The smallest absolute Gasteiger partial charge is 0.305 e. The van der Waals surface area contributed by atoms with Crippen molar-refractivity contribution in [2.45, 2.75) is 334 Å². The van der Waals surface area contributed by atoms with E-state index in [0.717, 1.165) is 51.4 Å². The van der Waals surface area contributed by atoms with Gasteiger partial charge in [-0.1, -0.05) is 276 Å². The Morgan fingerprint density at radius 3 is 1.17 bits per heavy atom. The largest absolute Gasteiger partial charge is 0.466 e. The van der Waals surface area contributed by atoms with Gasteiger partial charge in [0.25, 0.3) is 0 Å². The Balaban J connectivity index is 3.36. The standard InChI is InChI=1S/C60H115NO5/c1-3-5-7-9-11-13-15-16-17-27-30-34-38-42-46-50-54-60(65)66-55-51-47-43-39-35-31-28-25-23-21-19-18-20-22-24-26-29-33-37-41-45-49-53-59(64)61-57(56-62)58(63)52-48-44-40-36-32-14-12-10-8-6-4-2/h13,15,17,27,57-58,62-63H,3-12,14,16,18-26,28-56H2,1-2H3,(H,61,64)/b15-13-,27-17-. The van der Waals surface area contributed by atoms with Crippen molar-refractivity contribution in [3.05, 3.63) is 24.3 Å². The minimum Gasteiger partial charge on any atom is -0.466 e. The molecule has 0 aromatic heterocycles. The molecule has 0 aliphatic carbocycles. The maximum absolute atomic E-state index is 12.4. The third-order valence-corrected chi connectivity index (χ3v) is 13.8. The lowest BCUT2D eigenvalue weighted by atomic mass is 10.0. The predicted molar refractivity (Wildman–Crippen MR) is 287 cm³/mol. The number of nitrogens with one attached hydrogen (secondary N) is 1. The number of unbranched alkanes of at least 4 members (excludes halogenated alkanes) is 40. The molecular formula is C60H115NO5. The fourth-order valence-electron chi connectivity index (χ4n) is 9.20. The second-order valence-corrected chi connectivity index (χ2v) is 20.3. The minimum absolute atomic E-state index is 0.0000808. The molecule has 66 heavy (non-hydrogen) atoms. The molecule has 0 bridgehead atoms. The van der Waals surface area contributed by atoms with E-state index in [1.54, 1.807) is 0 Å². The van der Waals surface area contributed by atoms with E-state index in [9.17, 15) is 19.8 Å². The molecule has 0 rings (SSSR count). The number of esters is 1. The third kappa shape index (κ3) is 51.7. The summed E-state index contributed by atoms with van der Waals surface area (Å²) >= 11 is 0. The van der Waals surface area contributed by atoms with Crippen molar-refractivity contribution in [2.75, 3.05) is 13.2 Å². The van der Waals surface area contributed by atoms with Crippen molar-refractivity contribution in [2.24, 2.45) is 0 Å². The van der Waals surface area contributed by atoms with Crippen LogP contribution in [0.2, 0.25) is 0 Å². The second-order valence-electron chi connectivity index (χ2n) is 20.3. The van der Waals surface area contributed by atoms with Crippen molar-refractivity contribution in [3.63, 3.8) is 0 Å². The highest BCUT2D eigenvalue weighted by molar-refractivity contribution is 5.76. The molecule has 1 amide bonds. The number of aliphatic hydroxyl groups excluding tert-OH is 2. The first-order valence-corrected chi connectivity index (χ1v) is 29.6. The molecule has 0 aromatic carbocycles. The maximum Gasteiger partial charge on any atom is 0.305 e. The van der Waals surface area contributed by atoms with E-state index < -0.39 is 12.1 Å². The summed E-state index contributed by atoms with van der Waals surface area (Å²) in [5, 5.41) is 23.2. The summed E-state index contributed by atoms with van der Waals surface area (Å²) in [5.41, 5.74) is 0. The van der Waals surface area contributed by atoms with Gasteiger partial charge >= 0.3 is 5.97 Å². The first kappa shape index (κ1) is 64.3. The van der Waals surface area contributed by atoms with Crippen LogP contribution in [0.5, 0.6) is 0 Å². The van der Waals surface area contributed by atoms with Crippen LogP contribution in [0.3, 0.4) is 0 Å². The van der Waals surface area contributed by atoms with Gasteiger partial charge in [-0.2, -0.15) is 0 Å². The van der Waals surface area contributed by atoms with Crippen LogP contribution in [0.15, 0.2) is 24.3 Å². The van der Waals surface area contributed by atoms with E-state index in [1.165, 1.54) is 238 Å². The topological polar surface area (TPSA) is 95.9 Å². The van der Waals surface area contributed by atoms with Gasteiger partial charge in [0, 0.05) is 12.8 Å². The summed E-state index contributed by atoms with van der Waals surface area (Å²) in [6.45, 7) is 4.93. The highest BCUT2D eigenvalue weighted by Gasteiger charge is 2.20. The molecule has 0 radical (unpaired) electrons. The normalized spacial score (nSPS) is 12.7. The molecule has 0 aliphatic heterocycles. The second kappa shape index (κ2) is 55.9. The van der Waals surface area contributed by atoms with Gasteiger partial charge in [0.1, 0.15) is 0 Å². The number of amides is 1. The van der Waals surface area contributed by atoms with Gasteiger partial charge in [0.05, 0.1) is 25.4 Å². The van der Waals surface area contributed by atoms with E-state index in [4.69, 9.17) is 4.74 Å². The number of ether oxygens (including phenoxy) is 1. The summed E-state index contributed by atoms with van der Waals surface area (Å²) in [6, 6.07) is -0.540.